The minimum Gasteiger partial charge on any atom is -0.507 e. The number of halogens is 1. The van der Waals surface area contributed by atoms with Gasteiger partial charge in [0.1, 0.15) is 17.3 Å². The number of benzene rings is 2. The van der Waals surface area contributed by atoms with Gasteiger partial charge in [-0.2, -0.15) is 0 Å². The number of ether oxygens (including phenoxy) is 1. The van der Waals surface area contributed by atoms with Crippen LogP contribution in [0.25, 0.3) is 0 Å². The second kappa shape index (κ2) is 7.96. The fraction of sp³-hybridized carbons (Fsp3) is 0.176. The van der Waals surface area contributed by atoms with Crippen molar-refractivity contribution < 1.29 is 23.8 Å². The molecule has 24 heavy (non-hydrogen) atoms. The van der Waals surface area contributed by atoms with Crippen molar-refractivity contribution in [1.82, 2.24) is 10.6 Å². The maximum atomic E-state index is 13.2. The molecule has 0 unspecified atom stereocenters. The van der Waals surface area contributed by atoms with E-state index < -0.39 is 17.6 Å². The summed E-state index contributed by atoms with van der Waals surface area (Å²) in [5, 5.41) is 14.7. The molecular formula is C17H17FN2O4. The van der Waals surface area contributed by atoms with Crippen molar-refractivity contribution >= 4 is 11.8 Å². The zero-order valence-electron chi connectivity index (χ0n) is 13.0. The Morgan fingerprint density at radius 2 is 1.67 bits per heavy atom. The minimum atomic E-state index is -0.547. The van der Waals surface area contributed by atoms with E-state index >= 15 is 0 Å². The third kappa shape index (κ3) is 4.22. The standard InChI is InChI=1S/C17H17FN2O4/c1-24-15-7-6-11(18)10-13(15)17(23)20-9-8-19-16(22)12-4-2-3-5-14(12)21/h2-7,10,21H,8-9H2,1H3,(H,19,22)(H,20,23). The lowest BCUT2D eigenvalue weighted by Gasteiger charge is -2.10. The Bertz CT molecular complexity index is 749. The fourth-order valence-electron chi connectivity index (χ4n) is 2.07. The van der Waals surface area contributed by atoms with Crippen LogP contribution in [0.15, 0.2) is 42.5 Å². The number of rotatable bonds is 6. The lowest BCUT2D eigenvalue weighted by atomic mass is 10.2. The van der Waals surface area contributed by atoms with Crippen LogP contribution in [0.3, 0.4) is 0 Å². The van der Waals surface area contributed by atoms with Crippen molar-refractivity contribution in [2.75, 3.05) is 20.2 Å². The Balaban J connectivity index is 1.86. The van der Waals surface area contributed by atoms with Crippen LogP contribution >= 0.6 is 0 Å². The number of amides is 2. The average molecular weight is 332 g/mol. The van der Waals surface area contributed by atoms with Crippen LogP contribution in [0.4, 0.5) is 4.39 Å². The van der Waals surface area contributed by atoms with E-state index in [1.165, 1.54) is 31.4 Å². The largest absolute Gasteiger partial charge is 0.507 e. The summed E-state index contributed by atoms with van der Waals surface area (Å²) in [6.45, 7) is 0.286. The Hall–Kier alpha value is -3.09. The molecule has 0 aliphatic heterocycles. The number of phenolic OH excluding ortho intramolecular Hbond substituents is 1. The van der Waals surface area contributed by atoms with E-state index in [9.17, 15) is 19.1 Å². The summed E-state index contributed by atoms with van der Waals surface area (Å²) in [5.41, 5.74) is 0.222. The SMILES string of the molecule is COc1ccc(F)cc1C(=O)NCCNC(=O)c1ccccc1O. The van der Waals surface area contributed by atoms with Gasteiger partial charge in [0.15, 0.2) is 0 Å². The van der Waals surface area contributed by atoms with E-state index in [0.29, 0.717) is 0 Å². The highest BCUT2D eigenvalue weighted by Gasteiger charge is 2.13. The smallest absolute Gasteiger partial charge is 0.255 e. The predicted molar refractivity (Wildman–Crippen MR) is 85.7 cm³/mol. The van der Waals surface area contributed by atoms with Gasteiger partial charge in [0, 0.05) is 13.1 Å². The highest BCUT2D eigenvalue weighted by Crippen LogP contribution is 2.19. The summed E-state index contributed by atoms with van der Waals surface area (Å²) in [6, 6.07) is 9.78. The van der Waals surface area contributed by atoms with E-state index in [-0.39, 0.29) is 35.7 Å². The van der Waals surface area contributed by atoms with Crippen LogP contribution in [0.1, 0.15) is 20.7 Å². The Labute approximate surface area is 138 Å². The van der Waals surface area contributed by atoms with Crippen LogP contribution in [-0.4, -0.2) is 37.1 Å². The third-order valence-corrected chi connectivity index (χ3v) is 3.25. The van der Waals surface area contributed by atoms with Crippen LogP contribution in [0.5, 0.6) is 11.5 Å². The third-order valence-electron chi connectivity index (χ3n) is 3.25. The molecule has 0 atom stereocenters. The number of aromatic hydroxyl groups is 1. The number of carbonyl (C=O) groups excluding carboxylic acids is 2. The van der Waals surface area contributed by atoms with Crippen LogP contribution < -0.4 is 15.4 Å². The fourth-order valence-corrected chi connectivity index (χ4v) is 2.07. The maximum absolute atomic E-state index is 13.2. The molecule has 2 aromatic carbocycles. The van der Waals surface area contributed by atoms with Crippen molar-refractivity contribution in [3.05, 3.63) is 59.4 Å². The molecule has 7 heteroatoms. The zero-order chi connectivity index (χ0) is 17.5. The number of methoxy groups -OCH3 is 1. The van der Waals surface area contributed by atoms with Gasteiger partial charge in [-0.1, -0.05) is 12.1 Å². The highest BCUT2D eigenvalue weighted by molar-refractivity contribution is 5.97. The normalized spacial score (nSPS) is 10.1. The molecule has 2 aromatic rings. The van der Waals surface area contributed by atoms with E-state index in [2.05, 4.69) is 10.6 Å². The minimum absolute atomic E-state index is 0.0736. The molecule has 2 amide bonds. The van der Waals surface area contributed by atoms with Crippen molar-refractivity contribution in [3.8, 4) is 11.5 Å². The Kier molecular flexibility index (Phi) is 5.73. The molecular weight excluding hydrogens is 315 g/mol. The monoisotopic (exact) mass is 332 g/mol. The molecule has 0 radical (unpaired) electrons. The summed E-state index contributed by atoms with van der Waals surface area (Å²) < 4.78 is 18.3. The summed E-state index contributed by atoms with van der Waals surface area (Å²) >= 11 is 0. The number of hydrogen-bond donors (Lipinski definition) is 3. The van der Waals surface area contributed by atoms with Crippen molar-refractivity contribution in [3.63, 3.8) is 0 Å². The molecule has 0 aromatic heterocycles. The van der Waals surface area contributed by atoms with Gasteiger partial charge in [-0.25, -0.2) is 4.39 Å². The summed E-state index contributed by atoms with van der Waals surface area (Å²) in [5.74, 6) is -1.38. The van der Waals surface area contributed by atoms with Gasteiger partial charge in [0.2, 0.25) is 0 Å². The van der Waals surface area contributed by atoms with E-state index in [1.807, 2.05) is 0 Å². The molecule has 0 heterocycles. The van der Waals surface area contributed by atoms with Crippen molar-refractivity contribution in [2.24, 2.45) is 0 Å². The molecule has 0 spiro atoms. The van der Waals surface area contributed by atoms with Gasteiger partial charge < -0.3 is 20.5 Å². The quantitative estimate of drug-likeness (QED) is 0.703. The topological polar surface area (TPSA) is 87.7 Å². The lowest BCUT2D eigenvalue weighted by molar-refractivity contribution is 0.0924. The van der Waals surface area contributed by atoms with Crippen LogP contribution in [0, 0.1) is 5.82 Å². The van der Waals surface area contributed by atoms with E-state index in [0.717, 1.165) is 6.07 Å². The van der Waals surface area contributed by atoms with Gasteiger partial charge in [0.05, 0.1) is 18.2 Å². The van der Waals surface area contributed by atoms with Crippen LogP contribution in [-0.2, 0) is 0 Å². The van der Waals surface area contributed by atoms with E-state index in [1.54, 1.807) is 12.1 Å². The number of phenols is 1. The summed E-state index contributed by atoms with van der Waals surface area (Å²) in [4.78, 5) is 23.9. The molecule has 0 saturated carbocycles. The number of carbonyl (C=O) groups is 2. The van der Waals surface area contributed by atoms with E-state index in [4.69, 9.17) is 4.74 Å². The first-order valence-electron chi connectivity index (χ1n) is 7.21. The Morgan fingerprint density at radius 3 is 2.29 bits per heavy atom. The van der Waals surface area contributed by atoms with Gasteiger partial charge >= 0.3 is 0 Å². The molecule has 0 fully saturated rings. The van der Waals surface area contributed by atoms with Gasteiger partial charge in [0.25, 0.3) is 11.8 Å². The first-order valence-corrected chi connectivity index (χ1v) is 7.21. The average Bonchev–Trinajstić information content (AvgIpc) is 2.58. The number of para-hydroxylation sites is 1. The molecule has 126 valence electrons. The number of nitrogens with one attached hydrogen (secondary N) is 2. The number of hydrogen-bond acceptors (Lipinski definition) is 4. The molecule has 0 bridgehead atoms. The van der Waals surface area contributed by atoms with Crippen molar-refractivity contribution in [2.45, 2.75) is 0 Å². The summed E-state index contributed by atoms with van der Waals surface area (Å²) in [6.07, 6.45) is 0. The van der Waals surface area contributed by atoms with Gasteiger partial charge in [-0.15, -0.1) is 0 Å². The molecule has 0 aliphatic carbocycles. The second-order valence-electron chi connectivity index (χ2n) is 4.87. The highest BCUT2D eigenvalue weighted by atomic mass is 19.1. The Morgan fingerprint density at radius 1 is 1.04 bits per heavy atom. The molecule has 2 rings (SSSR count). The second-order valence-corrected chi connectivity index (χ2v) is 4.87. The summed E-state index contributed by atoms with van der Waals surface area (Å²) in [7, 11) is 1.39. The first-order chi connectivity index (χ1) is 11.5. The zero-order valence-corrected chi connectivity index (χ0v) is 13.0. The first kappa shape index (κ1) is 17.3. The van der Waals surface area contributed by atoms with Crippen LogP contribution in [0.2, 0.25) is 0 Å². The molecule has 6 nitrogen and oxygen atoms in total. The molecule has 3 N–H and O–H groups in total. The lowest BCUT2D eigenvalue weighted by Crippen LogP contribution is -2.34. The van der Waals surface area contributed by atoms with Gasteiger partial charge in [-0.3, -0.25) is 9.59 Å². The predicted octanol–water partition coefficient (Wildman–Crippen LogP) is 1.70. The van der Waals surface area contributed by atoms with Crippen molar-refractivity contribution in [1.29, 1.82) is 0 Å². The van der Waals surface area contributed by atoms with Gasteiger partial charge in [-0.05, 0) is 30.3 Å². The maximum Gasteiger partial charge on any atom is 0.255 e. The molecule has 0 aliphatic rings. The molecule has 0 saturated heterocycles.